The largest absolute Gasteiger partial charge is 0.480 e. The number of pyridine rings is 1. The summed E-state index contributed by atoms with van der Waals surface area (Å²) in [4.78, 5) is 43.9. The molecule has 7 nitrogen and oxygen atoms in total. The van der Waals surface area contributed by atoms with E-state index in [-0.39, 0.29) is 18.7 Å². The number of carbonyl (C=O) groups is 3. The normalized spacial score (nSPS) is 15.9. The van der Waals surface area contributed by atoms with Gasteiger partial charge in [-0.2, -0.15) is 0 Å². The number of aliphatic carboxylic acids is 1. The number of nitrogens with one attached hydrogen (secondary N) is 1. The van der Waals surface area contributed by atoms with Gasteiger partial charge in [0.25, 0.3) is 0 Å². The number of aromatic nitrogens is 1. The average molecular weight is 562 g/mol. The molecule has 39 heavy (non-hydrogen) atoms. The molecule has 2 N–H and O–H groups in total. The highest BCUT2D eigenvalue weighted by molar-refractivity contribution is 6.39. The lowest BCUT2D eigenvalue weighted by atomic mass is 10.0. The van der Waals surface area contributed by atoms with E-state index < -0.39 is 24.0 Å². The van der Waals surface area contributed by atoms with Gasteiger partial charge in [-0.15, -0.1) is 0 Å². The third-order valence-corrected chi connectivity index (χ3v) is 7.48. The van der Waals surface area contributed by atoms with E-state index in [4.69, 9.17) is 23.2 Å². The monoisotopic (exact) mass is 561 g/mol. The number of rotatable bonds is 8. The van der Waals surface area contributed by atoms with Crippen molar-refractivity contribution in [2.45, 2.75) is 37.9 Å². The number of likely N-dealkylation sites (tertiary alicyclic amines) is 1. The lowest BCUT2D eigenvalue weighted by Crippen LogP contribution is -2.50. The van der Waals surface area contributed by atoms with Gasteiger partial charge in [-0.1, -0.05) is 71.7 Å². The molecule has 0 unspecified atom stereocenters. The van der Waals surface area contributed by atoms with Gasteiger partial charge >= 0.3 is 5.97 Å². The van der Waals surface area contributed by atoms with Crippen molar-refractivity contribution in [1.29, 1.82) is 0 Å². The Morgan fingerprint density at radius 2 is 1.72 bits per heavy atom. The Balaban J connectivity index is 1.31. The standard InChI is InChI=1S/C30H25Cl2N3O4/c31-21-7-4-8-22(32)28(21)24-12-10-20-15-19(9-11-23(20)33-24)16-25(30(38)39)34-29(37)26-13-14-27(36)35(26)17-18-5-2-1-3-6-18/h1-12,15,25-26H,13-14,16-17H2,(H,34,37)(H,38,39)/t25-,26-/m0/s1. The van der Waals surface area contributed by atoms with Gasteiger partial charge in [0.15, 0.2) is 0 Å². The number of carboxylic acid groups (broad SMARTS) is 1. The zero-order valence-corrected chi connectivity index (χ0v) is 22.3. The lowest BCUT2D eigenvalue weighted by Gasteiger charge is -2.26. The Morgan fingerprint density at radius 3 is 2.44 bits per heavy atom. The van der Waals surface area contributed by atoms with Gasteiger partial charge < -0.3 is 15.3 Å². The summed E-state index contributed by atoms with van der Waals surface area (Å²) in [5.41, 5.74) is 3.61. The molecule has 0 spiro atoms. The molecule has 1 fully saturated rings. The summed E-state index contributed by atoms with van der Waals surface area (Å²) in [7, 11) is 0. The molecule has 1 saturated heterocycles. The maximum Gasteiger partial charge on any atom is 0.326 e. The maximum absolute atomic E-state index is 13.1. The van der Waals surface area contributed by atoms with Crippen LogP contribution in [0.25, 0.3) is 22.2 Å². The van der Waals surface area contributed by atoms with Gasteiger partial charge in [-0.05, 0) is 47.9 Å². The number of carbonyl (C=O) groups excluding carboxylic acids is 2. The SMILES string of the molecule is O=C(O)[C@H](Cc1ccc2nc(-c3c(Cl)cccc3Cl)ccc2c1)NC(=O)[C@@H]1CCC(=O)N1Cc1ccccc1. The number of hydrogen-bond acceptors (Lipinski definition) is 4. The van der Waals surface area contributed by atoms with Gasteiger partial charge in [0.2, 0.25) is 11.8 Å². The zero-order valence-electron chi connectivity index (χ0n) is 20.8. The first-order valence-electron chi connectivity index (χ1n) is 12.5. The van der Waals surface area contributed by atoms with Crippen LogP contribution < -0.4 is 5.32 Å². The van der Waals surface area contributed by atoms with Crippen molar-refractivity contribution >= 4 is 51.9 Å². The molecule has 0 bridgehead atoms. The van der Waals surface area contributed by atoms with E-state index in [1.807, 2.05) is 48.5 Å². The molecule has 2 atom stereocenters. The highest BCUT2D eigenvalue weighted by atomic mass is 35.5. The average Bonchev–Trinajstić information content (AvgIpc) is 3.28. The van der Waals surface area contributed by atoms with Crippen LogP contribution in [-0.2, 0) is 27.3 Å². The van der Waals surface area contributed by atoms with Crippen molar-refractivity contribution in [2.24, 2.45) is 0 Å². The molecule has 2 heterocycles. The smallest absolute Gasteiger partial charge is 0.326 e. The fourth-order valence-electron chi connectivity index (χ4n) is 4.87. The fourth-order valence-corrected chi connectivity index (χ4v) is 5.46. The Bertz CT molecular complexity index is 1540. The first kappa shape index (κ1) is 26.7. The molecule has 2 amide bonds. The van der Waals surface area contributed by atoms with Crippen molar-refractivity contribution in [2.75, 3.05) is 0 Å². The molecule has 5 rings (SSSR count). The predicted molar refractivity (Wildman–Crippen MR) is 150 cm³/mol. The summed E-state index contributed by atoms with van der Waals surface area (Å²) in [5.74, 6) is -1.73. The van der Waals surface area contributed by atoms with Gasteiger partial charge in [-0.3, -0.25) is 9.59 Å². The number of fused-ring (bicyclic) bond motifs is 1. The molecule has 1 aliphatic rings. The number of nitrogens with zero attached hydrogens (tertiary/aromatic N) is 2. The van der Waals surface area contributed by atoms with E-state index in [2.05, 4.69) is 10.3 Å². The van der Waals surface area contributed by atoms with Crippen LogP contribution in [0.4, 0.5) is 0 Å². The fraction of sp³-hybridized carbons (Fsp3) is 0.200. The molecule has 3 aromatic carbocycles. The van der Waals surface area contributed by atoms with E-state index in [1.165, 1.54) is 4.90 Å². The van der Waals surface area contributed by atoms with E-state index in [9.17, 15) is 19.5 Å². The van der Waals surface area contributed by atoms with E-state index in [1.54, 1.807) is 30.3 Å². The third-order valence-electron chi connectivity index (χ3n) is 6.85. The lowest BCUT2D eigenvalue weighted by molar-refractivity contribution is -0.143. The molecule has 0 radical (unpaired) electrons. The van der Waals surface area contributed by atoms with Gasteiger partial charge in [-0.25, -0.2) is 9.78 Å². The minimum Gasteiger partial charge on any atom is -0.480 e. The van der Waals surface area contributed by atoms with Gasteiger partial charge in [0.05, 0.1) is 21.3 Å². The minimum atomic E-state index is -1.15. The van der Waals surface area contributed by atoms with Crippen molar-refractivity contribution in [1.82, 2.24) is 15.2 Å². The van der Waals surface area contributed by atoms with Crippen LogP contribution in [0, 0.1) is 0 Å². The Labute approximate surface area is 235 Å². The van der Waals surface area contributed by atoms with Crippen molar-refractivity contribution in [3.8, 4) is 11.3 Å². The minimum absolute atomic E-state index is 0.0778. The molecule has 1 aliphatic heterocycles. The van der Waals surface area contributed by atoms with Crippen molar-refractivity contribution in [3.05, 3.63) is 100 Å². The molecule has 0 aliphatic carbocycles. The van der Waals surface area contributed by atoms with Crippen LogP contribution in [0.2, 0.25) is 10.0 Å². The van der Waals surface area contributed by atoms with Crippen LogP contribution in [0.1, 0.15) is 24.0 Å². The maximum atomic E-state index is 13.1. The van der Waals surface area contributed by atoms with Crippen LogP contribution in [0.5, 0.6) is 0 Å². The second-order valence-corrected chi connectivity index (χ2v) is 10.3. The quantitative estimate of drug-likeness (QED) is 0.295. The van der Waals surface area contributed by atoms with Crippen LogP contribution >= 0.6 is 23.2 Å². The zero-order chi connectivity index (χ0) is 27.5. The Kier molecular flexibility index (Phi) is 7.82. The second kappa shape index (κ2) is 11.4. The summed E-state index contributed by atoms with van der Waals surface area (Å²) >= 11 is 12.7. The van der Waals surface area contributed by atoms with Gasteiger partial charge in [0, 0.05) is 30.3 Å². The molecular formula is C30H25Cl2N3O4. The van der Waals surface area contributed by atoms with Crippen molar-refractivity contribution < 1.29 is 19.5 Å². The first-order chi connectivity index (χ1) is 18.8. The number of benzene rings is 3. The summed E-state index contributed by atoms with van der Waals surface area (Å²) in [6.07, 6.45) is 0.680. The third kappa shape index (κ3) is 5.90. The molecule has 4 aromatic rings. The van der Waals surface area contributed by atoms with E-state index in [0.717, 1.165) is 16.5 Å². The summed E-state index contributed by atoms with van der Waals surface area (Å²) in [6.45, 7) is 0.300. The predicted octanol–water partition coefficient (Wildman–Crippen LogP) is 5.51. The Hall–Kier alpha value is -3.94. The highest BCUT2D eigenvalue weighted by Gasteiger charge is 2.37. The topological polar surface area (TPSA) is 99.6 Å². The number of halogens is 2. The number of hydrogen-bond donors (Lipinski definition) is 2. The van der Waals surface area contributed by atoms with Crippen LogP contribution in [0.15, 0.2) is 78.9 Å². The summed E-state index contributed by atoms with van der Waals surface area (Å²) in [6, 6.07) is 21.9. The molecule has 198 valence electrons. The molecule has 1 aromatic heterocycles. The van der Waals surface area contributed by atoms with E-state index in [0.29, 0.717) is 39.8 Å². The summed E-state index contributed by atoms with van der Waals surface area (Å²) in [5, 5.41) is 14.3. The van der Waals surface area contributed by atoms with E-state index >= 15 is 0 Å². The molecule has 0 saturated carbocycles. The highest BCUT2D eigenvalue weighted by Crippen LogP contribution is 2.34. The first-order valence-corrected chi connectivity index (χ1v) is 13.3. The van der Waals surface area contributed by atoms with Crippen molar-refractivity contribution in [3.63, 3.8) is 0 Å². The number of carboxylic acids is 1. The van der Waals surface area contributed by atoms with Gasteiger partial charge in [0.1, 0.15) is 12.1 Å². The van der Waals surface area contributed by atoms with Crippen LogP contribution in [0.3, 0.4) is 0 Å². The van der Waals surface area contributed by atoms with Crippen LogP contribution in [-0.4, -0.2) is 44.9 Å². The number of amides is 2. The molecular weight excluding hydrogens is 537 g/mol. The summed E-state index contributed by atoms with van der Waals surface area (Å²) < 4.78 is 0. The Morgan fingerprint density at radius 1 is 0.974 bits per heavy atom. The second-order valence-electron chi connectivity index (χ2n) is 9.49. The molecule has 9 heteroatoms.